The average Bonchev–Trinajstić information content (AvgIpc) is 2.19. The van der Waals surface area contributed by atoms with Crippen LogP contribution in [0.4, 0.5) is 0 Å². The highest BCUT2D eigenvalue weighted by Gasteiger charge is 2.17. The molecule has 0 unspecified atom stereocenters. The van der Waals surface area contributed by atoms with E-state index in [9.17, 15) is 8.42 Å². The van der Waals surface area contributed by atoms with Crippen molar-refractivity contribution in [3.05, 3.63) is 29.3 Å². The lowest BCUT2D eigenvalue weighted by Gasteiger charge is -2.09. The minimum Gasteiger partial charge on any atom is -0.266 e. The molecule has 0 N–H and O–H groups in total. The molecule has 0 fully saturated rings. The van der Waals surface area contributed by atoms with E-state index in [1.807, 2.05) is 19.9 Å². The van der Waals surface area contributed by atoms with Crippen LogP contribution in [0.25, 0.3) is 0 Å². The number of benzene rings is 1. The Morgan fingerprint density at radius 1 is 1.27 bits per heavy atom. The van der Waals surface area contributed by atoms with Gasteiger partial charge >= 0.3 is 0 Å². The highest BCUT2D eigenvalue weighted by Crippen LogP contribution is 2.20. The summed E-state index contributed by atoms with van der Waals surface area (Å²) in [5, 5.41) is 0. The smallest absolute Gasteiger partial charge is 0.266 e. The topological polar surface area (TPSA) is 43.4 Å². The molecule has 0 aliphatic rings. The first-order valence-corrected chi connectivity index (χ1v) is 6.35. The van der Waals surface area contributed by atoms with Gasteiger partial charge in [0.2, 0.25) is 0 Å². The standard InChI is InChI=1S/C11H16O3S/c1-4-8-14-15(12,13)11-7-5-6-9(2)10(11)3/h5-7H,4,8H2,1-3H3. The van der Waals surface area contributed by atoms with Crippen LogP contribution in [0.1, 0.15) is 24.5 Å². The second-order valence-corrected chi connectivity index (χ2v) is 5.06. The van der Waals surface area contributed by atoms with Gasteiger partial charge in [0.15, 0.2) is 0 Å². The van der Waals surface area contributed by atoms with Crippen LogP contribution in [0, 0.1) is 13.8 Å². The molecule has 3 nitrogen and oxygen atoms in total. The second kappa shape index (κ2) is 4.77. The van der Waals surface area contributed by atoms with Crippen LogP contribution in [0.2, 0.25) is 0 Å². The molecule has 0 amide bonds. The van der Waals surface area contributed by atoms with Crippen LogP contribution in [0.3, 0.4) is 0 Å². The molecule has 0 bridgehead atoms. The second-order valence-electron chi connectivity index (χ2n) is 3.47. The highest BCUT2D eigenvalue weighted by atomic mass is 32.2. The van der Waals surface area contributed by atoms with Crippen molar-refractivity contribution in [3.8, 4) is 0 Å². The Bertz CT molecular complexity index is 435. The third kappa shape index (κ3) is 2.79. The van der Waals surface area contributed by atoms with Gasteiger partial charge in [0.1, 0.15) is 0 Å². The molecule has 0 saturated heterocycles. The van der Waals surface area contributed by atoms with E-state index in [1.165, 1.54) is 0 Å². The molecule has 1 aromatic rings. The Labute approximate surface area is 91.2 Å². The number of aryl methyl sites for hydroxylation is 1. The SMILES string of the molecule is CCCOS(=O)(=O)c1cccc(C)c1C. The molecule has 0 aliphatic carbocycles. The maximum absolute atomic E-state index is 11.7. The van der Waals surface area contributed by atoms with Crippen molar-refractivity contribution in [1.29, 1.82) is 0 Å². The van der Waals surface area contributed by atoms with Gasteiger partial charge in [0.25, 0.3) is 10.1 Å². The van der Waals surface area contributed by atoms with Gasteiger partial charge in [-0.15, -0.1) is 0 Å². The molecule has 0 aromatic heterocycles. The summed E-state index contributed by atoms with van der Waals surface area (Å²) in [6.45, 7) is 5.78. The van der Waals surface area contributed by atoms with E-state index in [0.717, 1.165) is 11.1 Å². The summed E-state index contributed by atoms with van der Waals surface area (Å²) < 4.78 is 28.4. The fourth-order valence-electron chi connectivity index (χ4n) is 1.25. The monoisotopic (exact) mass is 228 g/mol. The Balaban J connectivity index is 3.10. The van der Waals surface area contributed by atoms with Gasteiger partial charge in [0.05, 0.1) is 11.5 Å². The molecule has 84 valence electrons. The van der Waals surface area contributed by atoms with Gasteiger partial charge in [-0.05, 0) is 37.5 Å². The lowest BCUT2D eigenvalue weighted by Crippen LogP contribution is -2.09. The fourth-order valence-corrected chi connectivity index (χ4v) is 2.55. The summed E-state index contributed by atoms with van der Waals surface area (Å²) in [6.07, 6.45) is 0.685. The lowest BCUT2D eigenvalue weighted by molar-refractivity contribution is 0.318. The molecular weight excluding hydrogens is 212 g/mol. The van der Waals surface area contributed by atoms with Gasteiger partial charge in [-0.25, -0.2) is 0 Å². The van der Waals surface area contributed by atoms with Crippen molar-refractivity contribution >= 4 is 10.1 Å². The van der Waals surface area contributed by atoms with Crippen molar-refractivity contribution in [1.82, 2.24) is 0 Å². The van der Waals surface area contributed by atoms with Crippen molar-refractivity contribution in [2.24, 2.45) is 0 Å². The molecule has 15 heavy (non-hydrogen) atoms. The first-order valence-electron chi connectivity index (χ1n) is 4.94. The van der Waals surface area contributed by atoms with Gasteiger partial charge in [-0.1, -0.05) is 19.1 Å². The van der Waals surface area contributed by atoms with E-state index in [0.29, 0.717) is 6.42 Å². The van der Waals surface area contributed by atoms with E-state index in [-0.39, 0.29) is 11.5 Å². The summed E-state index contributed by atoms with van der Waals surface area (Å²) in [6, 6.07) is 5.19. The lowest BCUT2D eigenvalue weighted by atomic mass is 10.1. The van der Waals surface area contributed by atoms with E-state index in [1.54, 1.807) is 19.1 Å². The van der Waals surface area contributed by atoms with Crippen LogP contribution >= 0.6 is 0 Å². The van der Waals surface area contributed by atoms with Crippen LogP contribution < -0.4 is 0 Å². The molecule has 0 saturated carbocycles. The Hall–Kier alpha value is -0.870. The van der Waals surface area contributed by atoms with E-state index in [2.05, 4.69) is 0 Å². The minimum absolute atomic E-state index is 0.232. The zero-order chi connectivity index (χ0) is 11.5. The van der Waals surface area contributed by atoms with Gasteiger partial charge in [-0.3, -0.25) is 4.18 Å². The van der Waals surface area contributed by atoms with E-state index < -0.39 is 10.1 Å². The maximum Gasteiger partial charge on any atom is 0.297 e. The first-order chi connectivity index (χ1) is 6.99. The zero-order valence-electron chi connectivity index (χ0n) is 9.28. The molecule has 0 aliphatic heterocycles. The van der Waals surface area contributed by atoms with Crippen LogP contribution in [-0.4, -0.2) is 15.0 Å². The van der Waals surface area contributed by atoms with Gasteiger partial charge in [-0.2, -0.15) is 8.42 Å². The normalized spacial score (nSPS) is 11.7. The predicted molar refractivity (Wildman–Crippen MR) is 59.3 cm³/mol. The Morgan fingerprint density at radius 3 is 2.53 bits per heavy atom. The van der Waals surface area contributed by atoms with Crippen molar-refractivity contribution < 1.29 is 12.6 Å². The third-order valence-electron chi connectivity index (χ3n) is 2.27. The highest BCUT2D eigenvalue weighted by molar-refractivity contribution is 7.86. The molecule has 1 rings (SSSR count). The zero-order valence-corrected chi connectivity index (χ0v) is 10.1. The third-order valence-corrected chi connectivity index (χ3v) is 3.72. The van der Waals surface area contributed by atoms with E-state index in [4.69, 9.17) is 4.18 Å². The molecule has 0 radical (unpaired) electrons. The molecule has 0 heterocycles. The first kappa shape index (κ1) is 12.2. The Morgan fingerprint density at radius 2 is 1.93 bits per heavy atom. The number of rotatable bonds is 4. The number of hydrogen-bond acceptors (Lipinski definition) is 3. The van der Waals surface area contributed by atoms with Crippen LogP contribution in [-0.2, 0) is 14.3 Å². The van der Waals surface area contributed by atoms with Crippen LogP contribution in [0.5, 0.6) is 0 Å². The molecule has 1 aromatic carbocycles. The molecule has 0 spiro atoms. The quantitative estimate of drug-likeness (QED) is 0.743. The molecular formula is C11H16O3S. The summed E-state index contributed by atoms with van der Waals surface area (Å²) in [5.41, 5.74) is 1.71. The average molecular weight is 228 g/mol. The van der Waals surface area contributed by atoms with Gasteiger partial charge < -0.3 is 0 Å². The minimum atomic E-state index is -3.58. The predicted octanol–water partition coefficient (Wildman–Crippen LogP) is 2.42. The van der Waals surface area contributed by atoms with E-state index >= 15 is 0 Å². The van der Waals surface area contributed by atoms with Crippen LogP contribution in [0.15, 0.2) is 23.1 Å². The largest absolute Gasteiger partial charge is 0.297 e. The summed E-state index contributed by atoms with van der Waals surface area (Å²) in [5.74, 6) is 0. The molecule has 0 atom stereocenters. The fraction of sp³-hybridized carbons (Fsp3) is 0.455. The summed E-state index contributed by atoms with van der Waals surface area (Å²) in [7, 11) is -3.58. The number of hydrogen-bond donors (Lipinski definition) is 0. The van der Waals surface area contributed by atoms with Crippen molar-refractivity contribution in [3.63, 3.8) is 0 Å². The summed E-state index contributed by atoms with van der Waals surface area (Å²) >= 11 is 0. The van der Waals surface area contributed by atoms with Crippen molar-refractivity contribution in [2.75, 3.05) is 6.61 Å². The summed E-state index contributed by atoms with van der Waals surface area (Å²) in [4.78, 5) is 0.274. The molecule has 4 heteroatoms. The van der Waals surface area contributed by atoms with Gasteiger partial charge in [0, 0.05) is 0 Å². The van der Waals surface area contributed by atoms with Crippen molar-refractivity contribution in [2.45, 2.75) is 32.1 Å². The maximum atomic E-state index is 11.7. The Kier molecular flexibility index (Phi) is 3.88.